The van der Waals surface area contributed by atoms with E-state index in [2.05, 4.69) is 30.6 Å². The lowest BCUT2D eigenvalue weighted by Gasteiger charge is -2.06. The number of hydrogen-bond acceptors (Lipinski definition) is 5. The SMILES string of the molecule is O=C(O)c1ccc(OCc2ncon2)c(Br)c1. The van der Waals surface area contributed by atoms with E-state index >= 15 is 0 Å². The molecule has 6 nitrogen and oxygen atoms in total. The van der Waals surface area contributed by atoms with Crippen LogP contribution in [-0.2, 0) is 6.61 Å². The largest absolute Gasteiger partial charge is 0.484 e. The van der Waals surface area contributed by atoms with E-state index in [9.17, 15) is 4.79 Å². The fourth-order valence-corrected chi connectivity index (χ4v) is 1.64. The van der Waals surface area contributed by atoms with Crippen LogP contribution in [-0.4, -0.2) is 21.2 Å². The molecule has 1 aromatic heterocycles. The van der Waals surface area contributed by atoms with Crippen LogP contribution in [0, 0.1) is 0 Å². The van der Waals surface area contributed by atoms with Gasteiger partial charge in [-0.3, -0.25) is 0 Å². The monoisotopic (exact) mass is 298 g/mol. The predicted molar refractivity (Wildman–Crippen MR) is 59.7 cm³/mol. The summed E-state index contributed by atoms with van der Waals surface area (Å²) in [5.74, 6) is -0.0607. The zero-order valence-corrected chi connectivity index (χ0v) is 10.0. The average Bonchev–Trinajstić information content (AvgIpc) is 2.80. The second-order valence-electron chi connectivity index (χ2n) is 3.09. The van der Waals surface area contributed by atoms with E-state index in [0.29, 0.717) is 16.0 Å². The molecule has 2 rings (SSSR count). The highest BCUT2D eigenvalue weighted by Gasteiger charge is 2.08. The van der Waals surface area contributed by atoms with Gasteiger partial charge in [0.1, 0.15) is 5.75 Å². The standard InChI is InChI=1S/C10H7BrN2O4/c11-7-3-6(10(14)15)1-2-8(7)16-4-9-12-5-17-13-9/h1-3,5H,4H2,(H,14,15). The summed E-state index contributed by atoms with van der Waals surface area (Å²) in [7, 11) is 0. The Kier molecular flexibility index (Phi) is 3.38. The highest BCUT2D eigenvalue weighted by molar-refractivity contribution is 9.10. The first-order valence-corrected chi connectivity index (χ1v) is 5.37. The normalized spacial score (nSPS) is 10.2. The van der Waals surface area contributed by atoms with Crippen molar-refractivity contribution < 1.29 is 19.2 Å². The van der Waals surface area contributed by atoms with Gasteiger partial charge in [-0.15, -0.1) is 0 Å². The summed E-state index contributed by atoms with van der Waals surface area (Å²) in [6.45, 7) is 0.154. The summed E-state index contributed by atoms with van der Waals surface area (Å²) in [6.07, 6.45) is 1.21. The first kappa shape index (κ1) is 11.6. The molecule has 17 heavy (non-hydrogen) atoms. The fourth-order valence-electron chi connectivity index (χ4n) is 1.15. The van der Waals surface area contributed by atoms with Crippen molar-refractivity contribution in [2.24, 2.45) is 0 Å². The summed E-state index contributed by atoms with van der Waals surface area (Å²) in [5.41, 5.74) is 0.184. The highest BCUT2D eigenvalue weighted by atomic mass is 79.9. The number of carbonyl (C=O) groups is 1. The van der Waals surface area contributed by atoms with E-state index in [1.807, 2.05) is 0 Å². The summed E-state index contributed by atoms with van der Waals surface area (Å²) >= 11 is 3.23. The van der Waals surface area contributed by atoms with Crippen molar-refractivity contribution in [1.82, 2.24) is 10.1 Å². The first-order chi connectivity index (χ1) is 8.16. The fraction of sp³-hybridized carbons (Fsp3) is 0.100. The second-order valence-corrected chi connectivity index (χ2v) is 3.94. The number of rotatable bonds is 4. The van der Waals surface area contributed by atoms with Gasteiger partial charge in [0.05, 0.1) is 10.0 Å². The molecule has 0 aliphatic carbocycles. The Morgan fingerprint density at radius 2 is 2.35 bits per heavy atom. The number of ether oxygens (including phenoxy) is 1. The minimum Gasteiger partial charge on any atom is -0.484 e. The van der Waals surface area contributed by atoms with Gasteiger partial charge >= 0.3 is 5.97 Å². The minimum atomic E-state index is -0.990. The average molecular weight is 299 g/mol. The molecule has 88 valence electrons. The molecule has 0 atom stereocenters. The van der Waals surface area contributed by atoms with Crippen molar-refractivity contribution in [3.05, 3.63) is 40.5 Å². The lowest BCUT2D eigenvalue weighted by molar-refractivity contribution is 0.0696. The van der Waals surface area contributed by atoms with Crippen molar-refractivity contribution >= 4 is 21.9 Å². The van der Waals surface area contributed by atoms with Gasteiger partial charge in [-0.25, -0.2) is 4.79 Å². The molecular formula is C10H7BrN2O4. The molecule has 0 fully saturated rings. The number of aromatic nitrogens is 2. The Hall–Kier alpha value is -1.89. The van der Waals surface area contributed by atoms with Crippen LogP contribution in [0.3, 0.4) is 0 Å². The number of benzene rings is 1. The maximum absolute atomic E-state index is 10.7. The van der Waals surface area contributed by atoms with Crippen molar-refractivity contribution in [3.63, 3.8) is 0 Å². The zero-order valence-electron chi connectivity index (χ0n) is 8.46. The van der Waals surface area contributed by atoms with E-state index in [-0.39, 0.29) is 12.2 Å². The molecule has 1 heterocycles. The van der Waals surface area contributed by atoms with Crippen LogP contribution in [0.2, 0.25) is 0 Å². The van der Waals surface area contributed by atoms with Gasteiger partial charge in [0.25, 0.3) is 0 Å². The van der Waals surface area contributed by atoms with E-state index < -0.39 is 5.97 Å². The first-order valence-electron chi connectivity index (χ1n) is 4.57. The third kappa shape index (κ3) is 2.82. The molecule has 1 aromatic carbocycles. The molecule has 0 radical (unpaired) electrons. The van der Waals surface area contributed by atoms with Crippen molar-refractivity contribution in [3.8, 4) is 5.75 Å². The Morgan fingerprint density at radius 1 is 1.53 bits per heavy atom. The van der Waals surface area contributed by atoms with Crippen LogP contribution in [0.5, 0.6) is 5.75 Å². The van der Waals surface area contributed by atoms with Gasteiger partial charge in [0.2, 0.25) is 12.2 Å². The lowest BCUT2D eigenvalue weighted by Crippen LogP contribution is -2.00. The third-order valence-electron chi connectivity index (χ3n) is 1.94. The predicted octanol–water partition coefficient (Wildman–Crippen LogP) is 2.11. The number of hydrogen-bond donors (Lipinski definition) is 1. The molecule has 0 aliphatic heterocycles. The van der Waals surface area contributed by atoms with Crippen LogP contribution < -0.4 is 4.74 Å². The molecule has 0 saturated heterocycles. The Morgan fingerprint density at radius 3 is 2.94 bits per heavy atom. The number of carboxylic acids is 1. The van der Waals surface area contributed by atoms with Gasteiger partial charge < -0.3 is 14.4 Å². The van der Waals surface area contributed by atoms with Crippen LogP contribution >= 0.6 is 15.9 Å². The zero-order chi connectivity index (χ0) is 12.3. The Balaban J connectivity index is 2.09. The van der Waals surface area contributed by atoms with Gasteiger partial charge in [-0.2, -0.15) is 4.98 Å². The molecule has 0 unspecified atom stereocenters. The smallest absolute Gasteiger partial charge is 0.335 e. The van der Waals surface area contributed by atoms with E-state index in [4.69, 9.17) is 9.84 Å². The van der Waals surface area contributed by atoms with Gasteiger partial charge in [-0.1, -0.05) is 5.16 Å². The topological polar surface area (TPSA) is 85.5 Å². The lowest BCUT2D eigenvalue weighted by atomic mass is 10.2. The molecule has 0 spiro atoms. The van der Waals surface area contributed by atoms with Crippen molar-refractivity contribution in [2.45, 2.75) is 6.61 Å². The molecule has 0 saturated carbocycles. The van der Waals surface area contributed by atoms with Crippen LogP contribution in [0.1, 0.15) is 16.2 Å². The number of halogens is 1. The Bertz CT molecular complexity index is 527. The van der Waals surface area contributed by atoms with Gasteiger partial charge in [-0.05, 0) is 34.1 Å². The molecule has 0 aliphatic rings. The second kappa shape index (κ2) is 4.96. The summed E-state index contributed by atoms with van der Waals surface area (Å²) in [4.78, 5) is 14.5. The maximum atomic E-state index is 10.7. The highest BCUT2D eigenvalue weighted by Crippen LogP contribution is 2.26. The van der Waals surface area contributed by atoms with Crippen molar-refractivity contribution in [1.29, 1.82) is 0 Å². The summed E-state index contributed by atoms with van der Waals surface area (Å²) in [6, 6.07) is 4.49. The van der Waals surface area contributed by atoms with Gasteiger partial charge in [0.15, 0.2) is 6.61 Å². The van der Waals surface area contributed by atoms with Gasteiger partial charge in [0, 0.05) is 0 Å². The number of aromatic carboxylic acids is 1. The molecule has 1 N–H and O–H groups in total. The van der Waals surface area contributed by atoms with Crippen LogP contribution in [0.25, 0.3) is 0 Å². The molecule has 0 bridgehead atoms. The number of carboxylic acid groups (broad SMARTS) is 1. The summed E-state index contributed by atoms with van der Waals surface area (Å²) < 4.78 is 10.5. The molecule has 7 heteroatoms. The maximum Gasteiger partial charge on any atom is 0.335 e. The van der Waals surface area contributed by atoms with E-state index in [1.165, 1.54) is 18.5 Å². The Labute approximate surface area is 104 Å². The molecule has 2 aromatic rings. The number of nitrogens with zero attached hydrogens (tertiary/aromatic N) is 2. The van der Waals surface area contributed by atoms with E-state index in [0.717, 1.165) is 0 Å². The van der Waals surface area contributed by atoms with Crippen LogP contribution in [0.4, 0.5) is 0 Å². The quantitative estimate of drug-likeness (QED) is 0.930. The molecular weight excluding hydrogens is 292 g/mol. The van der Waals surface area contributed by atoms with E-state index in [1.54, 1.807) is 6.07 Å². The van der Waals surface area contributed by atoms with Crippen molar-refractivity contribution in [2.75, 3.05) is 0 Å². The molecule has 0 amide bonds. The third-order valence-corrected chi connectivity index (χ3v) is 2.56. The van der Waals surface area contributed by atoms with Crippen LogP contribution in [0.15, 0.2) is 33.6 Å². The summed E-state index contributed by atoms with van der Waals surface area (Å²) in [5, 5.41) is 12.4. The minimum absolute atomic E-state index is 0.154.